The van der Waals surface area contributed by atoms with E-state index in [4.69, 9.17) is 5.73 Å². The molecule has 25 heavy (non-hydrogen) atoms. The van der Waals surface area contributed by atoms with Crippen LogP contribution in [0.25, 0.3) is 0 Å². The largest absolute Gasteiger partial charge is 0.401 e. The first-order chi connectivity index (χ1) is 11.4. The van der Waals surface area contributed by atoms with Crippen molar-refractivity contribution >= 4 is 18.3 Å². The van der Waals surface area contributed by atoms with Gasteiger partial charge < -0.3 is 11.1 Å². The summed E-state index contributed by atoms with van der Waals surface area (Å²) < 4.78 is 37.0. The highest BCUT2D eigenvalue weighted by Gasteiger charge is 2.32. The van der Waals surface area contributed by atoms with E-state index in [1.165, 1.54) is 4.90 Å². The zero-order valence-corrected chi connectivity index (χ0v) is 14.8. The van der Waals surface area contributed by atoms with Gasteiger partial charge in [-0.25, -0.2) is 0 Å². The number of hydrogen-bond acceptors (Lipinski definition) is 3. The zero-order chi connectivity index (χ0) is 17.6. The van der Waals surface area contributed by atoms with Crippen LogP contribution in [0.15, 0.2) is 24.3 Å². The number of piperidine rings is 1. The third-order valence-electron chi connectivity index (χ3n) is 4.40. The number of halogens is 4. The molecule has 1 saturated heterocycles. The molecule has 0 aliphatic carbocycles. The third-order valence-corrected chi connectivity index (χ3v) is 4.40. The van der Waals surface area contributed by atoms with Crippen LogP contribution in [0.3, 0.4) is 0 Å². The number of nitrogens with one attached hydrogen (secondary N) is 1. The smallest absolute Gasteiger partial charge is 0.352 e. The molecule has 1 fully saturated rings. The molecule has 8 heteroatoms. The first kappa shape index (κ1) is 21.7. The standard InChI is InChI=1S/C17H24F3N3O.ClH/c18-17(19,20)12-23-9-6-13(7-10-23)5-8-22-16(24)15-3-1-14(11-21)2-4-15;/h1-4,13H,5-12,21H2,(H,22,24);1H. The molecule has 0 spiro atoms. The van der Waals surface area contributed by atoms with Crippen LogP contribution in [0, 0.1) is 5.92 Å². The third kappa shape index (κ3) is 7.63. The van der Waals surface area contributed by atoms with Gasteiger partial charge in [0.05, 0.1) is 6.54 Å². The Bertz CT molecular complexity index is 529. The molecular weight excluding hydrogens is 355 g/mol. The summed E-state index contributed by atoms with van der Waals surface area (Å²) in [4.78, 5) is 13.5. The van der Waals surface area contributed by atoms with Crippen LogP contribution in [0.5, 0.6) is 0 Å². The first-order valence-corrected chi connectivity index (χ1v) is 8.23. The second-order valence-electron chi connectivity index (χ2n) is 6.28. The van der Waals surface area contributed by atoms with Gasteiger partial charge in [0.25, 0.3) is 5.91 Å². The Morgan fingerprint density at radius 2 is 1.80 bits per heavy atom. The van der Waals surface area contributed by atoms with Gasteiger partial charge >= 0.3 is 6.18 Å². The van der Waals surface area contributed by atoms with Gasteiger partial charge in [-0.3, -0.25) is 9.69 Å². The van der Waals surface area contributed by atoms with Gasteiger partial charge in [0.2, 0.25) is 0 Å². The summed E-state index contributed by atoms with van der Waals surface area (Å²) in [6, 6.07) is 7.14. The van der Waals surface area contributed by atoms with Gasteiger partial charge in [-0.15, -0.1) is 12.4 Å². The van der Waals surface area contributed by atoms with Gasteiger partial charge in [0, 0.05) is 18.7 Å². The maximum Gasteiger partial charge on any atom is 0.401 e. The summed E-state index contributed by atoms with van der Waals surface area (Å²) in [6.07, 6.45) is -1.83. The Morgan fingerprint density at radius 3 is 2.32 bits per heavy atom. The predicted molar refractivity (Wildman–Crippen MR) is 93.8 cm³/mol. The fourth-order valence-corrected chi connectivity index (χ4v) is 2.97. The van der Waals surface area contributed by atoms with Crippen LogP contribution in [0.2, 0.25) is 0 Å². The van der Waals surface area contributed by atoms with Crippen molar-refractivity contribution in [2.24, 2.45) is 11.7 Å². The number of benzene rings is 1. The van der Waals surface area contributed by atoms with Crippen LogP contribution >= 0.6 is 12.4 Å². The molecule has 1 aliphatic heterocycles. The van der Waals surface area contributed by atoms with Gasteiger partial charge in [-0.2, -0.15) is 13.2 Å². The van der Waals surface area contributed by atoms with Crippen molar-refractivity contribution in [1.29, 1.82) is 0 Å². The quantitative estimate of drug-likeness (QED) is 0.799. The number of hydrogen-bond donors (Lipinski definition) is 2. The van der Waals surface area contributed by atoms with Crippen molar-refractivity contribution in [2.75, 3.05) is 26.2 Å². The second kappa shape index (κ2) is 9.99. The Balaban J connectivity index is 0.00000312. The Kier molecular flexibility index (Phi) is 8.68. The maximum absolute atomic E-state index is 12.3. The van der Waals surface area contributed by atoms with Crippen molar-refractivity contribution in [3.63, 3.8) is 0 Å². The number of likely N-dealkylation sites (tertiary alicyclic amines) is 1. The van der Waals surface area contributed by atoms with Crippen LogP contribution in [0.1, 0.15) is 35.2 Å². The lowest BCUT2D eigenvalue weighted by Gasteiger charge is -2.32. The SMILES string of the molecule is Cl.NCc1ccc(C(=O)NCCC2CCN(CC(F)(F)F)CC2)cc1. The van der Waals surface area contributed by atoms with Gasteiger partial charge in [-0.1, -0.05) is 12.1 Å². The summed E-state index contributed by atoms with van der Waals surface area (Å²) in [5.41, 5.74) is 7.08. The molecule has 1 aromatic rings. The summed E-state index contributed by atoms with van der Waals surface area (Å²) >= 11 is 0. The minimum absolute atomic E-state index is 0. The highest BCUT2D eigenvalue weighted by molar-refractivity contribution is 5.94. The molecule has 1 aliphatic rings. The van der Waals surface area contributed by atoms with Crippen molar-refractivity contribution in [1.82, 2.24) is 10.2 Å². The average Bonchev–Trinajstić information content (AvgIpc) is 2.55. The van der Waals surface area contributed by atoms with E-state index in [1.54, 1.807) is 12.1 Å². The fraction of sp³-hybridized carbons (Fsp3) is 0.588. The minimum Gasteiger partial charge on any atom is -0.352 e. The topological polar surface area (TPSA) is 58.4 Å². The summed E-state index contributed by atoms with van der Waals surface area (Å²) in [5.74, 6) is 0.238. The molecule has 1 aromatic carbocycles. The zero-order valence-electron chi connectivity index (χ0n) is 14.0. The van der Waals surface area contributed by atoms with Crippen molar-refractivity contribution < 1.29 is 18.0 Å². The van der Waals surface area contributed by atoms with E-state index in [2.05, 4.69) is 5.32 Å². The predicted octanol–water partition coefficient (Wildman–Crippen LogP) is 2.96. The second-order valence-corrected chi connectivity index (χ2v) is 6.28. The van der Waals surface area contributed by atoms with E-state index in [1.807, 2.05) is 12.1 Å². The van der Waals surface area contributed by atoms with Gasteiger partial charge in [0.15, 0.2) is 0 Å². The number of carbonyl (C=O) groups is 1. The summed E-state index contributed by atoms with van der Waals surface area (Å²) in [6.45, 7) is 1.10. The van der Waals surface area contributed by atoms with E-state index in [9.17, 15) is 18.0 Å². The van der Waals surface area contributed by atoms with Crippen molar-refractivity contribution in [3.05, 3.63) is 35.4 Å². The normalized spacial score (nSPS) is 16.3. The Labute approximate surface area is 152 Å². The fourth-order valence-electron chi connectivity index (χ4n) is 2.97. The molecule has 0 radical (unpaired) electrons. The van der Waals surface area contributed by atoms with Crippen molar-refractivity contribution in [3.8, 4) is 0 Å². The summed E-state index contributed by atoms with van der Waals surface area (Å²) in [5, 5.41) is 2.87. The first-order valence-electron chi connectivity index (χ1n) is 8.23. The van der Waals surface area contributed by atoms with Crippen LogP contribution < -0.4 is 11.1 Å². The highest BCUT2D eigenvalue weighted by atomic mass is 35.5. The number of alkyl halides is 3. The lowest BCUT2D eigenvalue weighted by atomic mass is 9.93. The van der Waals surface area contributed by atoms with Gasteiger partial charge in [0.1, 0.15) is 0 Å². The lowest BCUT2D eigenvalue weighted by Crippen LogP contribution is -2.40. The van der Waals surface area contributed by atoms with Crippen LogP contribution in [-0.2, 0) is 6.54 Å². The van der Waals surface area contributed by atoms with Crippen LogP contribution in [-0.4, -0.2) is 43.2 Å². The van der Waals surface area contributed by atoms with E-state index in [0.29, 0.717) is 37.7 Å². The number of carbonyl (C=O) groups excluding carboxylic acids is 1. The van der Waals surface area contributed by atoms with E-state index < -0.39 is 12.7 Å². The van der Waals surface area contributed by atoms with E-state index in [0.717, 1.165) is 24.8 Å². The van der Waals surface area contributed by atoms with Crippen LogP contribution in [0.4, 0.5) is 13.2 Å². The molecule has 4 nitrogen and oxygen atoms in total. The van der Waals surface area contributed by atoms with E-state index in [-0.39, 0.29) is 18.3 Å². The monoisotopic (exact) mass is 379 g/mol. The molecule has 142 valence electrons. The number of nitrogens with zero attached hydrogens (tertiary/aromatic N) is 1. The minimum atomic E-state index is -4.12. The Hall–Kier alpha value is -1.31. The number of rotatable bonds is 6. The van der Waals surface area contributed by atoms with Gasteiger partial charge in [-0.05, 0) is 56.0 Å². The number of nitrogens with two attached hydrogens (primary N) is 1. The molecule has 1 amide bonds. The molecule has 3 N–H and O–H groups in total. The molecule has 0 atom stereocenters. The molecular formula is C17H25ClF3N3O. The molecule has 2 rings (SSSR count). The molecule has 1 heterocycles. The average molecular weight is 380 g/mol. The Morgan fingerprint density at radius 1 is 1.20 bits per heavy atom. The molecule has 0 saturated carbocycles. The molecule has 0 bridgehead atoms. The molecule has 0 aromatic heterocycles. The summed E-state index contributed by atoms with van der Waals surface area (Å²) in [7, 11) is 0. The maximum atomic E-state index is 12.3. The molecule has 0 unspecified atom stereocenters. The van der Waals surface area contributed by atoms with Crippen molar-refractivity contribution in [2.45, 2.75) is 32.0 Å². The highest BCUT2D eigenvalue weighted by Crippen LogP contribution is 2.24. The number of amides is 1. The van der Waals surface area contributed by atoms with E-state index >= 15 is 0 Å². The lowest BCUT2D eigenvalue weighted by molar-refractivity contribution is -0.148.